The molecule has 2 aliphatic carbocycles. The molecule has 3 aliphatic rings. The number of pyridine rings is 1. The van der Waals surface area contributed by atoms with Gasteiger partial charge in [-0.25, -0.2) is 9.78 Å². The van der Waals surface area contributed by atoms with Gasteiger partial charge in [0.15, 0.2) is 0 Å². The largest absolute Gasteiger partial charge is 0.489 e. The quantitative estimate of drug-likeness (QED) is 0.934. The van der Waals surface area contributed by atoms with E-state index in [0.717, 1.165) is 43.4 Å². The highest BCUT2D eigenvalue weighted by Crippen LogP contribution is 2.53. The number of carboxylic acids is 1. The number of ether oxygens (including phenoxy) is 2. The predicted octanol–water partition coefficient (Wildman–Crippen LogP) is 2.78. The number of hydrogen-bond acceptors (Lipinski definition) is 4. The van der Waals surface area contributed by atoms with E-state index >= 15 is 0 Å². The van der Waals surface area contributed by atoms with Crippen LogP contribution in [0, 0.1) is 0 Å². The molecule has 5 rings (SSSR count). The highest BCUT2D eigenvalue weighted by molar-refractivity contribution is 5.91. The third kappa shape index (κ3) is 2.05. The van der Waals surface area contributed by atoms with Crippen molar-refractivity contribution in [2.75, 3.05) is 6.61 Å². The number of nitrogens with zero attached hydrogens (tertiary/aromatic N) is 2. The van der Waals surface area contributed by atoms with Gasteiger partial charge in [0.25, 0.3) is 0 Å². The molecule has 1 saturated heterocycles. The summed E-state index contributed by atoms with van der Waals surface area (Å²) in [6, 6.07) is 1.76. The second-order valence-electron chi connectivity index (χ2n) is 7.76. The van der Waals surface area contributed by atoms with Gasteiger partial charge in [0.2, 0.25) is 0 Å². The fraction of sp³-hybridized carbons (Fsp3) is 0.556. The Kier molecular flexibility index (Phi) is 2.68. The first-order valence-electron chi connectivity index (χ1n) is 8.54. The van der Waals surface area contributed by atoms with Crippen molar-refractivity contribution in [3.63, 3.8) is 0 Å². The molecule has 126 valence electrons. The van der Waals surface area contributed by atoms with Gasteiger partial charge in [-0.2, -0.15) is 0 Å². The molecule has 6 nitrogen and oxygen atoms in total. The summed E-state index contributed by atoms with van der Waals surface area (Å²) in [5.74, 6) is -0.551. The Bertz CT molecular complexity index is 844. The lowest BCUT2D eigenvalue weighted by Crippen LogP contribution is -2.26. The van der Waals surface area contributed by atoms with Gasteiger partial charge in [-0.05, 0) is 39.0 Å². The summed E-state index contributed by atoms with van der Waals surface area (Å²) in [5.41, 5.74) is 1.88. The number of carboxylic acid groups (broad SMARTS) is 1. The molecule has 2 aromatic rings. The average molecular weight is 328 g/mol. The van der Waals surface area contributed by atoms with Crippen LogP contribution in [0.4, 0.5) is 0 Å². The van der Waals surface area contributed by atoms with Crippen molar-refractivity contribution in [1.29, 1.82) is 0 Å². The maximum absolute atomic E-state index is 11.6. The topological polar surface area (TPSA) is 73.1 Å². The minimum Gasteiger partial charge on any atom is -0.489 e. The van der Waals surface area contributed by atoms with Crippen LogP contribution >= 0.6 is 0 Å². The van der Waals surface area contributed by atoms with Crippen molar-refractivity contribution >= 4 is 11.6 Å². The number of aromatic carboxylic acids is 1. The molecular weight excluding hydrogens is 308 g/mol. The first kappa shape index (κ1) is 14.3. The van der Waals surface area contributed by atoms with E-state index in [4.69, 9.17) is 14.5 Å². The molecule has 2 aromatic heterocycles. The van der Waals surface area contributed by atoms with E-state index in [1.165, 1.54) is 0 Å². The number of aromatic nitrogens is 2. The molecule has 2 atom stereocenters. The van der Waals surface area contributed by atoms with E-state index in [1.807, 2.05) is 6.20 Å². The van der Waals surface area contributed by atoms with E-state index in [1.54, 1.807) is 16.7 Å². The molecule has 3 heterocycles. The number of rotatable bonds is 4. The van der Waals surface area contributed by atoms with Gasteiger partial charge >= 0.3 is 5.97 Å². The molecule has 1 N–H and O–H groups in total. The number of hydrogen-bond donors (Lipinski definition) is 1. The Labute approximate surface area is 139 Å². The molecule has 1 aliphatic heterocycles. The smallest absolute Gasteiger partial charge is 0.341 e. The van der Waals surface area contributed by atoms with Crippen molar-refractivity contribution in [1.82, 2.24) is 9.38 Å². The van der Waals surface area contributed by atoms with E-state index in [9.17, 15) is 9.90 Å². The second kappa shape index (κ2) is 4.51. The molecule has 3 fully saturated rings. The number of carbonyl (C=O) groups is 1. The van der Waals surface area contributed by atoms with Crippen LogP contribution < -0.4 is 4.74 Å². The lowest BCUT2D eigenvalue weighted by molar-refractivity contribution is -0.00627. The Balaban J connectivity index is 1.59. The molecule has 24 heavy (non-hydrogen) atoms. The van der Waals surface area contributed by atoms with E-state index in [0.29, 0.717) is 12.4 Å². The monoisotopic (exact) mass is 328 g/mol. The fourth-order valence-corrected chi connectivity index (χ4v) is 4.14. The first-order valence-corrected chi connectivity index (χ1v) is 8.54. The maximum atomic E-state index is 11.6. The van der Waals surface area contributed by atoms with Crippen LogP contribution in [0.5, 0.6) is 5.75 Å². The Morgan fingerprint density at radius 1 is 1.42 bits per heavy atom. The standard InChI is InChI=1S/C18H20N2O4/c1-17-4-5-18(9-17,10-23-17)14-8-20-7-12(16(21)22)13(6-15(20)19-14)24-11-2-3-11/h6-8,11H,2-5,9-10H2,1H3,(H,21,22). The van der Waals surface area contributed by atoms with Crippen LogP contribution in [0.2, 0.25) is 0 Å². The first-order chi connectivity index (χ1) is 11.5. The van der Waals surface area contributed by atoms with Crippen LogP contribution in [0.15, 0.2) is 18.5 Å². The van der Waals surface area contributed by atoms with E-state index in [2.05, 4.69) is 6.92 Å². The third-order valence-corrected chi connectivity index (χ3v) is 5.69. The maximum Gasteiger partial charge on any atom is 0.341 e. The summed E-state index contributed by atoms with van der Waals surface area (Å²) < 4.78 is 13.6. The summed E-state index contributed by atoms with van der Waals surface area (Å²) in [7, 11) is 0. The normalized spacial score (nSPS) is 31.7. The third-order valence-electron chi connectivity index (χ3n) is 5.69. The molecule has 2 unspecified atom stereocenters. The second-order valence-corrected chi connectivity index (χ2v) is 7.76. The van der Waals surface area contributed by atoms with E-state index in [-0.39, 0.29) is 22.7 Å². The van der Waals surface area contributed by atoms with E-state index < -0.39 is 5.97 Å². The molecular formula is C18H20N2O4. The lowest BCUT2D eigenvalue weighted by atomic mass is 9.84. The van der Waals surface area contributed by atoms with Crippen LogP contribution in [0.3, 0.4) is 0 Å². The minimum absolute atomic E-state index is 0.0255. The zero-order chi connectivity index (χ0) is 16.5. The van der Waals surface area contributed by atoms with Crippen molar-refractivity contribution in [3.8, 4) is 5.75 Å². The van der Waals surface area contributed by atoms with Gasteiger partial charge < -0.3 is 19.0 Å². The van der Waals surface area contributed by atoms with Gasteiger partial charge in [-0.3, -0.25) is 0 Å². The Morgan fingerprint density at radius 2 is 2.25 bits per heavy atom. The molecule has 0 spiro atoms. The minimum atomic E-state index is -0.974. The molecule has 0 radical (unpaired) electrons. The van der Waals surface area contributed by atoms with Crippen molar-refractivity contribution < 1.29 is 19.4 Å². The molecule has 2 saturated carbocycles. The lowest BCUT2D eigenvalue weighted by Gasteiger charge is -2.24. The zero-order valence-electron chi connectivity index (χ0n) is 13.6. The van der Waals surface area contributed by atoms with Crippen LogP contribution in [-0.2, 0) is 10.2 Å². The predicted molar refractivity (Wildman–Crippen MR) is 85.7 cm³/mol. The van der Waals surface area contributed by atoms with Crippen molar-refractivity contribution in [2.24, 2.45) is 0 Å². The highest BCUT2D eigenvalue weighted by Gasteiger charge is 2.55. The van der Waals surface area contributed by atoms with Crippen molar-refractivity contribution in [2.45, 2.75) is 56.1 Å². The Hall–Kier alpha value is -2.08. The molecule has 6 heteroatoms. The number of fused-ring (bicyclic) bond motifs is 3. The SMILES string of the molecule is CC12CCC(c3cn4cc(C(=O)O)c(OC5CC5)cc4n3)(CO1)C2. The summed E-state index contributed by atoms with van der Waals surface area (Å²) in [5, 5.41) is 9.48. The molecule has 2 bridgehead atoms. The molecule has 0 amide bonds. The van der Waals surface area contributed by atoms with Crippen LogP contribution in [0.25, 0.3) is 5.65 Å². The summed E-state index contributed by atoms with van der Waals surface area (Å²) in [4.78, 5) is 16.4. The average Bonchev–Trinajstić information content (AvgIpc) is 3.02. The van der Waals surface area contributed by atoms with Crippen molar-refractivity contribution in [3.05, 3.63) is 29.7 Å². The number of imidazole rings is 1. The van der Waals surface area contributed by atoms with Crippen LogP contribution in [-0.4, -0.2) is 38.8 Å². The zero-order valence-corrected chi connectivity index (χ0v) is 13.6. The Morgan fingerprint density at radius 3 is 2.83 bits per heavy atom. The fourth-order valence-electron chi connectivity index (χ4n) is 4.14. The van der Waals surface area contributed by atoms with Crippen LogP contribution in [0.1, 0.15) is 55.1 Å². The summed E-state index contributed by atoms with van der Waals surface area (Å²) in [6.07, 6.45) is 8.82. The van der Waals surface area contributed by atoms with Gasteiger partial charge in [0.05, 0.1) is 24.0 Å². The van der Waals surface area contributed by atoms with Gasteiger partial charge in [-0.1, -0.05) is 0 Å². The van der Waals surface area contributed by atoms with Gasteiger partial charge in [0, 0.05) is 23.9 Å². The summed E-state index contributed by atoms with van der Waals surface area (Å²) >= 11 is 0. The van der Waals surface area contributed by atoms with Gasteiger partial charge in [0.1, 0.15) is 17.0 Å². The summed E-state index contributed by atoms with van der Waals surface area (Å²) in [6.45, 7) is 2.87. The molecule has 0 aromatic carbocycles. The highest BCUT2D eigenvalue weighted by atomic mass is 16.5. The van der Waals surface area contributed by atoms with Gasteiger partial charge in [-0.15, -0.1) is 0 Å².